The van der Waals surface area contributed by atoms with Gasteiger partial charge >= 0.3 is 0 Å². The van der Waals surface area contributed by atoms with Gasteiger partial charge in [-0.3, -0.25) is 0 Å². The van der Waals surface area contributed by atoms with E-state index in [1.54, 1.807) is 0 Å². The minimum atomic E-state index is -0.721. The minimum Gasteiger partial charge on any atom is -0.385 e. The Labute approximate surface area is 191 Å². The summed E-state index contributed by atoms with van der Waals surface area (Å²) in [5, 5.41) is 17.6. The van der Waals surface area contributed by atoms with E-state index in [9.17, 15) is 5.11 Å². The highest BCUT2D eigenvalue weighted by atomic mass is 16.5. The van der Waals surface area contributed by atoms with Crippen LogP contribution in [0.4, 0.5) is 0 Å². The van der Waals surface area contributed by atoms with E-state index < -0.39 is 5.60 Å². The summed E-state index contributed by atoms with van der Waals surface area (Å²) >= 11 is 0. The van der Waals surface area contributed by atoms with Crippen LogP contribution < -0.4 is 5.32 Å². The predicted octanol–water partition coefficient (Wildman–Crippen LogP) is 6.21. The average Bonchev–Trinajstić information content (AvgIpc) is 2.84. The smallest absolute Gasteiger partial charge is 0.0940 e. The minimum absolute atomic E-state index is 0.329. The Balaban J connectivity index is 1.26. The van der Waals surface area contributed by atoms with Gasteiger partial charge < -0.3 is 15.2 Å². The molecule has 5 rings (SSSR count). The number of fused-ring (bicyclic) bond motifs is 1. The molecule has 2 fully saturated rings. The van der Waals surface area contributed by atoms with Crippen LogP contribution >= 0.6 is 0 Å². The number of ether oxygens (including phenoxy) is 1. The maximum absolute atomic E-state index is 11.0. The van der Waals surface area contributed by atoms with Crippen LogP contribution in [0.25, 0.3) is 10.8 Å². The lowest BCUT2D eigenvalue weighted by atomic mass is 9.79. The Morgan fingerprint density at radius 1 is 0.938 bits per heavy atom. The number of hydrogen-bond acceptors (Lipinski definition) is 3. The quantitative estimate of drug-likeness (QED) is 0.506. The highest BCUT2D eigenvalue weighted by Crippen LogP contribution is 2.37. The molecule has 1 heterocycles. The second kappa shape index (κ2) is 9.35. The molecule has 1 aliphatic heterocycles. The van der Waals surface area contributed by atoms with Gasteiger partial charge in [0.2, 0.25) is 0 Å². The summed E-state index contributed by atoms with van der Waals surface area (Å²) in [5.74, 6) is 0.583. The lowest BCUT2D eigenvalue weighted by molar-refractivity contribution is -0.0679. The van der Waals surface area contributed by atoms with Crippen molar-refractivity contribution in [1.29, 1.82) is 0 Å². The molecule has 2 aliphatic rings. The summed E-state index contributed by atoms with van der Waals surface area (Å²) in [6, 6.07) is 25.0. The van der Waals surface area contributed by atoms with Crippen molar-refractivity contribution in [2.24, 2.45) is 0 Å². The normalized spacial score (nSPS) is 24.3. The van der Waals surface area contributed by atoms with Crippen LogP contribution in [0.3, 0.4) is 0 Å². The first-order valence-corrected chi connectivity index (χ1v) is 12.3. The summed E-state index contributed by atoms with van der Waals surface area (Å²) in [7, 11) is 0. The van der Waals surface area contributed by atoms with E-state index in [0.29, 0.717) is 44.1 Å². The van der Waals surface area contributed by atoms with Crippen molar-refractivity contribution >= 4 is 10.8 Å². The van der Waals surface area contributed by atoms with Gasteiger partial charge in [0.05, 0.1) is 5.60 Å². The fraction of sp³-hybridized carbons (Fsp3) is 0.448. The van der Waals surface area contributed by atoms with E-state index in [2.05, 4.69) is 79.0 Å². The number of nitrogens with one attached hydrogen (secondary N) is 1. The van der Waals surface area contributed by atoms with Crippen LogP contribution in [0.15, 0.2) is 66.7 Å². The molecule has 1 aliphatic carbocycles. The van der Waals surface area contributed by atoms with Crippen molar-refractivity contribution in [1.82, 2.24) is 5.32 Å². The summed E-state index contributed by atoms with van der Waals surface area (Å²) < 4.78 is 5.44. The highest BCUT2D eigenvalue weighted by molar-refractivity contribution is 5.86. The number of aliphatic hydroxyl groups is 1. The van der Waals surface area contributed by atoms with Gasteiger partial charge in [0.15, 0.2) is 0 Å². The van der Waals surface area contributed by atoms with Gasteiger partial charge in [-0.2, -0.15) is 0 Å². The fourth-order valence-electron chi connectivity index (χ4n) is 5.78. The number of hydrogen-bond donors (Lipinski definition) is 2. The first-order chi connectivity index (χ1) is 15.6. The van der Waals surface area contributed by atoms with Gasteiger partial charge in [-0.1, -0.05) is 73.2 Å². The van der Waals surface area contributed by atoms with Crippen LogP contribution in [0.1, 0.15) is 74.1 Å². The molecule has 3 heteroatoms. The SMILES string of the molecule is C[C@@H](NC1CCCC(c2ccc(C3(O)CCOCC3)cc2)C1)c1cccc2ccccc12. The Morgan fingerprint density at radius 2 is 1.69 bits per heavy atom. The van der Waals surface area contributed by atoms with Crippen molar-refractivity contribution in [3.05, 3.63) is 83.4 Å². The molecule has 3 aromatic carbocycles. The Kier molecular flexibility index (Phi) is 6.32. The lowest BCUT2D eigenvalue weighted by Crippen LogP contribution is -2.35. The second-order valence-corrected chi connectivity index (χ2v) is 9.78. The van der Waals surface area contributed by atoms with Crippen LogP contribution in [0, 0.1) is 0 Å². The summed E-state index contributed by atoms with van der Waals surface area (Å²) in [5.41, 5.74) is 3.12. The lowest BCUT2D eigenvalue weighted by Gasteiger charge is -2.34. The maximum Gasteiger partial charge on any atom is 0.0940 e. The number of rotatable bonds is 5. The third-order valence-electron chi connectivity index (χ3n) is 7.69. The molecule has 1 saturated carbocycles. The molecule has 1 saturated heterocycles. The Hall–Kier alpha value is -2.20. The van der Waals surface area contributed by atoms with Gasteiger partial charge in [0.25, 0.3) is 0 Å². The zero-order chi connectivity index (χ0) is 22.0. The number of benzene rings is 3. The molecule has 32 heavy (non-hydrogen) atoms. The van der Waals surface area contributed by atoms with Crippen molar-refractivity contribution in [3.8, 4) is 0 Å². The molecule has 3 aromatic rings. The van der Waals surface area contributed by atoms with Gasteiger partial charge in [-0.15, -0.1) is 0 Å². The van der Waals surface area contributed by atoms with E-state index in [1.807, 2.05) is 0 Å². The van der Waals surface area contributed by atoms with Crippen LogP contribution in [0.2, 0.25) is 0 Å². The van der Waals surface area contributed by atoms with Gasteiger partial charge in [-0.25, -0.2) is 0 Å². The molecule has 3 nitrogen and oxygen atoms in total. The monoisotopic (exact) mass is 429 g/mol. The van der Waals surface area contributed by atoms with Gasteiger partial charge in [0, 0.05) is 38.1 Å². The maximum atomic E-state index is 11.0. The third kappa shape index (κ3) is 4.47. The fourth-order valence-corrected chi connectivity index (χ4v) is 5.78. The van der Waals surface area contributed by atoms with E-state index in [1.165, 1.54) is 47.6 Å². The topological polar surface area (TPSA) is 41.5 Å². The molecular weight excluding hydrogens is 394 g/mol. The summed E-state index contributed by atoms with van der Waals surface area (Å²) in [6.45, 7) is 3.58. The molecule has 2 unspecified atom stereocenters. The zero-order valence-electron chi connectivity index (χ0n) is 19.1. The largest absolute Gasteiger partial charge is 0.385 e. The van der Waals surface area contributed by atoms with Crippen molar-refractivity contribution in [2.45, 2.75) is 69.1 Å². The van der Waals surface area contributed by atoms with E-state index in [0.717, 1.165) is 5.56 Å². The zero-order valence-corrected chi connectivity index (χ0v) is 19.1. The van der Waals surface area contributed by atoms with E-state index >= 15 is 0 Å². The predicted molar refractivity (Wildman–Crippen MR) is 131 cm³/mol. The molecule has 168 valence electrons. The average molecular weight is 430 g/mol. The van der Waals surface area contributed by atoms with Gasteiger partial charge in [0.1, 0.15) is 0 Å². The molecular formula is C29H35NO2. The van der Waals surface area contributed by atoms with Crippen molar-refractivity contribution in [3.63, 3.8) is 0 Å². The van der Waals surface area contributed by atoms with Crippen LogP contribution in [-0.4, -0.2) is 24.4 Å². The van der Waals surface area contributed by atoms with Crippen LogP contribution in [-0.2, 0) is 10.3 Å². The summed E-state index contributed by atoms with van der Waals surface area (Å²) in [6.07, 6.45) is 6.30. The Morgan fingerprint density at radius 3 is 2.50 bits per heavy atom. The summed E-state index contributed by atoms with van der Waals surface area (Å²) in [4.78, 5) is 0. The molecule has 2 N–H and O–H groups in total. The molecule has 0 aromatic heterocycles. The van der Waals surface area contributed by atoms with E-state index in [-0.39, 0.29) is 0 Å². The molecule has 0 spiro atoms. The Bertz CT molecular complexity index is 1030. The third-order valence-corrected chi connectivity index (χ3v) is 7.69. The molecule has 0 bridgehead atoms. The van der Waals surface area contributed by atoms with Crippen molar-refractivity contribution < 1.29 is 9.84 Å². The highest BCUT2D eigenvalue weighted by Gasteiger charge is 2.32. The molecule has 0 amide bonds. The van der Waals surface area contributed by atoms with E-state index in [4.69, 9.17) is 4.74 Å². The standard InChI is InChI=1S/C29H35NO2/c1-21(27-11-5-7-23-6-2-3-10-28(23)27)30-26-9-4-8-24(20-26)22-12-14-25(15-13-22)29(31)16-18-32-19-17-29/h2-3,5-7,10-15,21,24,26,30-31H,4,8-9,16-20H2,1H3/t21-,24?,26?/m1/s1. The molecule has 0 radical (unpaired) electrons. The second-order valence-electron chi connectivity index (χ2n) is 9.78. The first kappa shape index (κ1) is 21.6. The first-order valence-electron chi connectivity index (χ1n) is 12.3. The van der Waals surface area contributed by atoms with Crippen LogP contribution in [0.5, 0.6) is 0 Å². The molecule has 3 atom stereocenters. The van der Waals surface area contributed by atoms with Crippen molar-refractivity contribution in [2.75, 3.05) is 13.2 Å². The van der Waals surface area contributed by atoms with Gasteiger partial charge in [-0.05, 0) is 59.6 Å².